The molecular formula is C75H120O6. The first-order valence-corrected chi connectivity index (χ1v) is 33.0. The summed E-state index contributed by atoms with van der Waals surface area (Å²) in [6.07, 6.45) is 98.4. The van der Waals surface area contributed by atoms with Gasteiger partial charge in [0.1, 0.15) is 13.2 Å². The van der Waals surface area contributed by atoms with Crippen molar-refractivity contribution in [1.29, 1.82) is 0 Å². The van der Waals surface area contributed by atoms with Gasteiger partial charge in [0.05, 0.1) is 0 Å². The van der Waals surface area contributed by atoms with Crippen molar-refractivity contribution in [1.82, 2.24) is 0 Å². The quantitative estimate of drug-likeness (QED) is 0.0261. The van der Waals surface area contributed by atoms with Crippen molar-refractivity contribution in [3.8, 4) is 0 Å². The summed E-state index contributed by atoms with van der Waals surface area (Å²) in [5, 5.41) is 0. The summed E-state index contributed by atoms with van der Waals surface area (Å²) in [5.41, 5.74) is 0. The highest BCUT2D eigenvalue weighted by atomic mass is 16.6. The van der Waals surface area contributed by atoms with Crippen LogP contribution in [0.5, 0.6) is 0 Å². The van der Waals surface area contributed by atoms with E-state index in [1.54, 1.807) is 0 Å². The number of hydrogen-bond acceptors (Lipinski definition) is 6. The van der Waals surface area contributed by atoms with E-state index in [1.807, 2.05) is 6.08 Å². The lowest BCUT2D eigenvalue weighted by molar-refractivity contribution is -0.166. The summed E-state index contributed by atoms with van der Waals surface area (Å²) in [6.45, 7) is 6.34. The zero-order valence-electron chi connectivity index (χ0n) is 52.2. The second kappa shape index (κ2) is 67.5. The van der Waals surface area contributed by atoms with E-state index in [1.165, 1.54) is 89.9 Å². The zero-order valence-corrected chi connectivity index (χ0v) is 52.2. The minimum atomic E-state index is -0.821. The van der Waals surface area contributed by atoms with Gasteiger partial charge in [-0.05, 0) is 116 Å². The molecular weight excluding hydrogens is 997 g/mol. The van der Waals surface area contributed by atoms with E-state index in [-0.39, 0.29) is 37.5 Å². The SMILES string of the molecule is CC/C=C\C/C=C\C/C=C\C/C=C\C/C=C\C/C=C\C/C=C\C/C=C\C/C=C\CCCCCCCC(=O)OCC(COC(=O)CC/C=C\C/C=C\C/C=C\C/C=C\CC)OC(=O)CCCCCCCCCCCCCCCCCCC. The van der Waals surface area contributed by atoms with E-state index in [2.05, 4.69) is 173 Å². The highest BCUT2D eigenvalue weighted by Crippen LogP contribution is 2.16. The maximum Gasteiger partial charge on any atom is 0.306 e. The Hall–Kier alpha value is -4.97. The molecule has 0 radical (unpaired) electrons. The Kier molecular flexibility index (Phi) is 63.4. The number of hydrogen-bond donors (Lipinski definition) is 0. The molecule has 0 aliphatic rings. The molecule has 0 aromatic carbocycles. The van der Waals surface area contributed by atoms with Crippen molar-refractivity contribution in [2.24, 2.45) is 0 Å². The van der Waals surface area contributed by atoms with Crippen LogP contribution in [0.4, 0.5) is 0 Å². The Labute approximate surface area is 499 Å². The minimum Gasteiger partial charge on any atom is -0.462 e. The first kappa shape index (κ1) is 76.0. The lowest BCUT2D eigenvalue weighted by Crippen LogP contribution is -2.30. The smallest absolute Gasteiger partial charge is 0.306 e. The van der Waals surface area contributed by atoms with Crippen LogP contribution >= 0.6 is 0 Å². The van der Waals surface area contributed by atoms with Crippen molar-refractivity contribution in [2.75, 3.05) is 13.2 Å². The highest BCUT2D eigenvalue weighted by Gasteiger charge is 2.19. The van der Waals surface area contributed by atoms with Crippen molar-refractivity contribution in [3.63, 3.8) is 0 Å². The summed E-state index contributed by atoms with van der Waals surface area (Å²) in [6, 6.07) is 0. The van der Waals surface area contributed by atoms with E-state index in [0.29, 0.717) is 19.3 Å². The summed E-state index contributed by atoms with van der Waals surface area (Å²) in [4.78, 5) is 38.2. The fraction of sp³-hybridized carbons (Fsp3) is 0.613. The van der Waals surface area contributed by atoms with Gasteiger partial charge in [0.2, 0.25) is 0 Å². The molecule has 0 amide bonds. The molecule has 0 N–H and O–H groups in total. The standard InChI is InChI=1S/C75H120O6/c1-4-7-10-13-16-19-22-25-27-29-30-31-32-33-34-35-36-37-38-39-40-41-42-43-44-46-47-50-53-56-59-62-65-68-74(77)80-71-72(70-79-73(76)67-64-61-58-55-52-49-24-21-18-15-12-9-6-3)81-75(78)69-66-63-60-57-54-51-48-45-28-26-23-20-17-14-11-8-5-2/h7,9-10,12,16,18-19,21,25,27,30-31,33-34,36-37,39-40,42-43,46-47,49,52,58,61,72H,4-6,8,11,13-15,17,20,22-24,26,28-29,32,35,38,41,44-45,48,50-51,53-57,59-60,62-71H2,1-3H3/b10-7-,12-9-,19-16-,21-18-,27-25-,31-30-,34-33-,37-36-,40-39-,43-42-,47-46-,52-49-,61-58-. The van der Waals surface area contributed by atoms with E-state index in [9.17, 15) is 14.4 Å². The van der Waals surface area contributed by atoms with Crippen LogP contribution in [0.25, 0.3) is 0 Å². The molecule has 0 saturated heterocycles. The van der Waals surface area contributed by atoms with Gasteiger partial charge in [0.25, 0.3) is 0 Å². The van der Waals surface area contributed by atoms with Crippen LogP contribution in [0.2, 0.25) is 0 Å². The lowest BCUT2D eigenvalue weighted by Gasteiger charge is -2.18. The molecule has 0 heterocycles. The fourth-order valence-electron chi connectivity index (χ4n) is 8.68. The summed E-state index contributed by atoms with van der Waals surface area (Å²) < 4.78 is 16.8. The molecule has 0 fully saturated rings. The Morgan fingerprint density at radius 1 is 0.259 bits per heavy atom. The Bertz CT molecular complexity index is 1810. The number of carbonyl (C=O) groups excluding carboxylic acids is 3. The summed E-state index contributed by atoms with van der Waals surface area (Å²) in [7, 11) is 0. The minimum absolute atomic E-state index is 0.114. The van der Waals surface area contributed by atoms with Crippen molar-refractivity contribution < 1.29 is 28.6 Å². The number of allylic oxidation sites excluding steroid dienone is 26. The average molecular weight is 1120 g/mol. The predicted molar refractivity (Wildman–Crippen MR) is 352 cm³/mol. The number of rotatable bonds is 58. The molecule has 0 aliphatic heterocycles. The van der Waals surface area contributed by atoms with Crippen LogP contribution < -0.4 is 0 Å². The fourth-order valence-corrected chi connectivity index (χ4v) is 8.68. The van der Waals surface area contributed by atoms with E-state index in [4.69, 9.17) is 14.2 Å². The maximum absolute atomic E-state index is 12.9. The Morgan fingerprint density at radius 2 is 0.506 bits per heavy atom. The molecule has 0 aliphatic carbocycles. The van der Waals surface area contributed by atoms with Crippen molar-refractivity contribution in [3.05, 3.63) is 158 Å². The monoisotopic (exact) mass is 1120 g/mol. The molecule has 1 atom stereocenters. The van der Waals surface area contributed by atoms with Crippen LogP contribution in [-0.2, 0) is 28.6 Å². The van der Waals surface area contributed by atoms with Crippen LogP contribution in [0.1, 0.15) is 278 Å². The number of carbonyl (C=O) groups is 3. The molecule has 0 spiro atoms. The normalized spacial score (nSPS) is 13.2. The largest absolute Gasteiger partial charge is 0.462 e. The molecule has 0 rings (SSSR count). The highest BCUT2D eigenvalue weighted by molar-refractivity contribution is 5.71. The van der Waals surface area contributed by atoms with Crippen LogP contribution in [0.3, 0.4) is 0 Å². The molecule has 6 nitrogen and oxygen atoms in total. The molecule has 0 saturated carbocycles. The number of ether oxygens (including phenoxy) is 3. The van der Waals surface area contributed by atoms with Gasteiger partial charge in [-0.2, -0.15) is 0 Å². The molecule has 0 aromatic rings. The molecule has 0 bridgehead atoms. The average Bonchev–Trinajstić information content (AvgIpc) is 3.46. The van der Waals surface area contributed by atoms with E-state index in [0.717, 1.165) is 141 Å². The van der Waals surface area contributed by atoms with Gasteiger partial charge in [-0.1, -0.05) is 301 Å². The molecule has 1 unspecified atom stereocenters. The second-order valence-electron chi connectivity index (χ2n) is 21.3. The van der Waals surface area contributed by atoms with Crippen molar-refractivity contribution >= 4 is 17.9 Å². The Balaban J connectivity index is 4.37. The summed E-state index contributed by atoms with van der Waals surface area (Å²) >= 11 is 0. The summed E-state index contributed by atoms with van der Waals surface area (Å²) in [5.74, 6) is -1.01. The van der Waals surface area contributed by atoms with Gasteiger partial charge in [0.15, 0.2) is 6.10 Å². The van der Waals surface area contributed by atoms with Gasteiger partial charge in [0, 0.05) is 19.3 Å². The third-order valence-corrected chi connectivity index (χ3v) is 13.5. The molecule has 81 heavy (non-hydrogen) atoms. The third kappa shape index (κ3) is 65.7. The first-order valence-electron chi connectivity index (χ1n) is 33.0. The third-order valence-electron chi connectivity index (χ3n) is 13.5. The molecule has 0 aromatic heterocycles. The first-order chi connectivity index (χ1) is 40.0. The van der Waals surface area contributed by atoms with Crippen LogP contribution in [0.15, 0.2) is 158 Å². The van der Waals surface area contributed by atoms with Gasteiger partial charge >= 0.3 is 17.9 Å². The van der Waals surface area contributed by atoms with Gasteiger partial charge in [-0.15, -0.1) is 0 Å². The zero-order chi connectivity index (χ0) is 58.5. The lowest BCUT2D eigenvalue weighted by atomic mass is 10.0. The van der Waals surface area contributed by atoms with Crippen LogP contribution in [-0.4, -0.2) is 37.2 Å². The topological polar surface area (TPSA) is 78.9 Å². The number of esters is 3. The Morgan fingerprint density at radius 3 is 0.827 bits per heavy atom. The van der Waals surface area contributed by atoms with E-state index >= 15 is 0 Å². The number of unbranched alkanes of at least 4 members (excludes halogenated alkanes) is 21. The second-order valence-corrected chi connectivity index (χ2v) is 21.3. The van der Waals surface area contributed by atoms with E-state index < -0.39 is 6.10 Å². The molecule has 6 heteroatoms. The van der Waals surface area contributed by atoms with Gasteiger partial charge < -0.3 is 14.2 Å². The maximum atomic E-state index is 12.9. The predicted octanol–water partition coefficient (Wildman–Crippen LogP) is 22.9. The molecule has 456 valence electrons. The van der Waals surface area contributed by atoms with Gasteiger partial charge in [-0.3, -0.25) is 14.4 Å². The van der Waals surface area contributed by atoms with Crippen molar-refractivity contribution in [2.45, 2.75) is 284 Å². The van der Waals surface area contributed by atoms with Crippen LogP contribution in [0, 0.1) is 0 Å². The van der Waals surface area contributed by atoms with Gasteiger partial charge in [-0.25, -0.2) is 0 Å².